The highest BCUT2D eigenvalue weighted by molar-refractivity contribution is 7.91. The maximum absolute atomic E-state index is 12.8. The van der Waals surface area contributed by atoms with Crippen LogP contribution in [0.15, 0.2) is 46.0 Å². The number of amides is 1. The van der Waals surface area contributed by atoms with Crippen molar-refractivity contribution in [3.63, 3.8) is 0 Å². The number of carbonyl (C=O) groups is 1. The molecule has 1 atom stereocenters. The van der Waals surface area contributed by atoms with Crippen LogP contribution in [-0.4, -0.2) is 36.1 Å². The number of nitro groups is 1. The highest BCUT2D eigenvalue weighted by Crippen LogP contribution is 2.28. The van der Waals surface area contributed by atoms with Crippen molar-refractivity contribution in [3.05, 3.63) is 51.9 Å². The topological polar surface area (TPSA) is 110 Å². The lowest BCUT2D eigenvalue weighted by Gasteiger charge is -2.33. The van der Waals surface area contributed by atoms with Crippen molar-refractivity contribution in [3.8, 4) is 0 Å². The van der Waals surface area contributed by atoms with Gasteiger partial charge in [-0.25, -0.2) is 8.42 Å². The van der Waals surface area contributed by atoms with Gasteiger partial charge in [0.2, 0.25) is 5.91 Å². The van der Waals surface area contributed by atoms with Crippen LogP contribution >= 0.6 is 11.3 Å². The summed E-state index contributed by atoms with van der Waals surface area (Å²) in [6.07, 6.45) is 1.83. The highest BCUT2D eigenvalue weighted by Gasteiger charge is 2.38. The number of nitrogens with one attached hydrogen (secondary N) is 1. The van der Waals surface area contributed by atoms with Gasteiger partial charge in [-0.1, -0.05) is 18.6 Å². The quantitative estimate of drug-likeness (QED) is 0.618. The minimum absolute atomic E-state index is 0.144. The van der Waals surface area contributed by atoms with Crippen LogP contribution in [-0.2, 0) is 14.8 Å². The van der Waals surface area contributed by atoms with Crippen LogP contribution < -0.4 is 5.32 Å². The van der Waals surface area contributed by atoms with E-state index < -0.39 is 26.9 Å². The van der Waals surface area contributed by atoms with Gasteiger partial charge in [0.1, 0.15) is 10.3 Å². The lowest BCUT2D eigenvalue weighted by atomic mass is 10.0. The second-order valence-electron chi connectivity index (χ2n) is 5.86. The van der Waals surface area contributed by atoms with E-state index in [0.29, 0.717) is 12.8 Å². The lowest BCUT2D eigenvalue weighted by molar-refractivity contribution is -0.384. The van der Waals surface area contributed by atoms with Gasteiger partial charge >= 0.3 is 0 Å². The third-order valence-corrected chi connectivity index (χ3v) is 7.42. The fourth-order valence-electron chi connectivity index (χ4n) is 2.90. The number of anilines is 1. The van der Waals surface area contributed by atoms with E-state index in [1.807, 2.05) is 0 Å². The number of hydrogen-bond donors (Lipinski definition) is 1. The maximum Gasteiger partial charge on any atom is 0.271 e. The van der Waals surface area contributed by atoms with Gasteiger partial charge in [-0.05, 0) is 30.4 Å². The number of piperidine rings is 1. The number of nitrogens with zero attached hydrogens (tertiary/aromatic N) is 2. The zero-order valence-electron chi connectivity index (χ0n) is 13.7. The van der Waals surface area contributed by atoms with Crippen molar-refractivity contribution in [1.82, 2.24) is 4.31 Å². The first kappa shape index (κ1) is 18.5. The summed E-state index contributed by atoms with van der Waals surface area (Å²) in [6.45, 7) is 0.271. The molecule has 8 nitrogen and oxygen atoms in total. The molecule has 1 aliphatic rings. The summed E-state index contributed by atoms with van der Waals surface area (Å²) in [6, 6.07) is 7.91. The van der Waals surface area contributed by atoms with Gasteiger partial charge in [0.25, 0.3) is 15.7 Å². The van der Waals surface area contributed by atoms with Crippen molar-refractivity contribution in [2.75, 3.05) is 11.9 Å². The Labute approximate surface area is 154 Å². The first-order valence-corrected chi connectivity index (χ1v) is 10.3. The molecule has 0 saturated carbocycles. The Balaban J connectivity index is 1.83. The van der Waals surface area contributed by atoms with Crippen LogP contribution in [0.5, 0.6) is 0 Å². The second kappa shape index (κ2) is 7.52. The fraction of sp³-hybridized carbons (Fsp3) is 0.312. The molecule has 0 aliphatic carbocycles. The molecular formula is C16H17N3O5S2. The van der Waals surface area contributed by atoms with Gasteiger partial charge in [-0.2, -0.15) is 4.31 Å². The summed E-state index contributed by atoms with van der Waals surface area (Å²) in [5.41, 5.74) is 0.123. The average molecular weight is 395 g/mol. The Morgan fingerprint density at radius 1 is 1.27 bits per heavy atom. The minimum atomic E-state index is -3.74. The average Bonchev–Trinajstić information content (AvgIpc) is 3.17. The van der Waals surface area contributed by atoms with E-state index in [9.17, 15) is 23.3 Å². The zero-order chi connectivity index (χ0) is 18.7. The molecule has 0 spiro atoms. The SMILES string of the molecule is O=C(Nc1cccc([N+](=O)[O-])c1)C1CCCCN1S(=O)(=O)c1cccs1. The largest absolute Gasteiger partial charge is 0.324 e. The molecule has 0 radical (unpaired) electrons. The van der Waals surface area contributed by atoms with Crippen LogP contribution in [0.1, 0.15) is 19.3 Å². The molecule has 1 aliphatic heterocycles. The van der Waals surface area contributed by atoms with E-state index in [1.165, 1.54) is 34.6 Å². The molecule has 1 aromatic heterocycles. The third kappa shape index (κ3) is 3.76. The van der Waals surface area contributed by atoms with E-state index in [-0.39, 0.29) is 22.1 Å². The molecule has 1 amide bonds. The molecular weight excluding hydrogens is 378 g/mol. The number of rotatable bonds is 5. The molecule has 3 rings (SSSR count). The maximum atomic E-state index is 12.8. The summed E-state index contributed by atoms with van der Waals surface area (Å²) in [7, 11) is -3.74. The monoisotopic (exact) mass is 395 g/mol. The molecule has 2 aromatic rings. The zero-order valence-corrected chi connectivity index (χ0v) is 15.3. The molecule has 26 heavy (non-hydrogen) atoms. The summed E-state index contributed by atoms with van der Waals surface area (Å²) in [4.78, 5) is 23.0. The normalized spacial score (nSPS) is 18.4. The number of benzene rings is 1. The fourth-order valence-corrected chi connectivity index (χ4v) is 5.68. The molecule has 1 aromatic carbocycles. The molecule has 10 heteroatoms. The van der Waals surface area contributed by atoms with Gasteiger partial charge in [0.05, 0.1) is 4.92 Å². The minimum Gasteiger partial charge on any atom is -0.324 e. The van der Waals surface area contributed by atoms with E-state index in [1.54, 1.807) is 11.4 Å². The number of nitro benzene ring substituents is 1. The number of sulfonamides is 1. The van der Waals surface area contributed by atoms with Gasteiger partial charge in [0.15, 0.2) is 0 Å². The molecule has 1 fully saturated rings. The summed E-state index contributed by atoms with van der Waals surface area (Å²) >= 11 is 1.11. The van der Waals surface area contributed by atoms with Gasteiger partial charge in [0, 0.05) is 24.4 Å². The van der Waals surface area contributed by atoms with Crippen molar-refractivity contribution in [2.24, 2.45) is 0 Å². The lowest BCUT2D eigenvalue weighted by Crippen LogP contribution is -2.49. The van der Waals surface area contributed by atoms with E-state index in [2.05, 4.69) is 5.32 Å². The summed E-state index contributed by atoms with van der Waals surface area (Å²) < 4.78 is 27.1. The Kier molecular flexibility index (Phi) is 5.35. The number of non-ortho nitro benzene ring substituents is 1. The Hall–Kier alpha value is -2.30. The van der Waals surface area contributed by atoms with E-state index in [4.69, 9.17) is 0 Å². The summed E-state index contributed by atoms with van der Waals surface area (Å²) in [5, 5.41) is 15.1. The van der Waals surface area contributed by atoms with E-state index in [0.717, 1.165) is 17.8 Å². The van der Waals surface area contributed by atoms with Crippen LogP contribution in [0.2, 0.25) is 0 Å². The number of thiophene rings is 1. The predicted molar refractivity (Wildman–Crippen MR) is 97.6 cm³/mol. The molecule has 0 bridgehead atoms. The van der Waals surface area contributed by atoms with Crippen LogP contribution in [0.4, 0.5) is 11.4 Å². The molecule has 138 valence electrons. The first-order valence-electron chi connectivity index (χ1n) is 8.00. The van der Waals surface area contributed by atoms with Gasteiger partial charge in [-0.15, -0.1) is 11.3 Å². The number of carbonyl (C=O) groups excluding carboxylic acids is 1. The van der Waals surface area contributed by atoms with Crippen molar-refractivity contribution >= 4 is 38.6 Å². The molecule has 1 N–H and O–H groups in total. The van der Waals surface area contributed by atoms with Crippen molar-refractivity contribution < 1.29 is 18.1 Å². The van der Waals surface area contributed by atoms with Gasteiger partial charge in [-0.3, -0.25) is 14.9 Å². The Bertz CT molecular complexity index is 912. The Morgan fingerprint density at radius 2 is 2.08 bits per heavy atom. The van der Waals surface area contributed by atoms with Gasteiger partial charge < -0.3 is 5.32 Å². The summed E-state index contributed by atoms with van der Waals surface area (Å²) in [5.74, 6) is -0.481. The highest BCUT2D eigenvalue weighted by atomic mass is 32.2. The van der Waals surface area contributed by atoms with Crippen LogP contribution in [0.25, 0.3) is 0 Å². The van der Waals surface area contributed by atoms with E-state index >= 15 is 0 Å². The predicted octanol–water partition coefficient (Wildman–Crippen LogP) is 2.84. The molecule has 1 unspecified atom stereocenters. The van der Waals surface area contributed by atoms with Crippen LogP contribution in [0, 0.1) is 10.1 Å². The second-order valence-corrected chi connectivity index (χ2v) is 8.92. The third-order valence-electron chi connectivity index (χ3n) is 4.14. The molecule has 2 heterocycles. The smallest absolute Gasteiger partial charge is 0.271 e. The van der Waals surface area contributed by atoms with Crippen molar-refractivity contribution in [1.29, 1.82) is 0 Å². The number of hydrogen-bond acceptors (Lipinski definition) is 6. The molecule has 1 saturated heterocycles. The standard InChI is InChI=1S/C16H17N3O5S2/c20-16(17-12-5-3-6-13(11-12)19(21)22)14-7-1-2-9-18(14)26(23,24)15-8-4-10-25-15/h3-6,8,10-11,14H,1-2,7,9H2,(H,17,20). The van der Waals surface area contributed by atoms with Crippen LogP contribution in [0.3, 0.4) is 0 Å². The van der Waals surface area contributed by atoms with Crippen molar-refractivity contribution in [2.45, 2.75) is 29.5 Å². The Morgan fingerprint density at radius 3 is 2.77 bits per heavy atom. The first-order chi connectivity index (χ1) is 12.4.